The summed E-state index contributed by atoms with van der Waals surface area (Å²) in [5.41, 5.74) is 3.13. The predicted octanol–water partition coefficient (Wildman–Crippen LogP) is 7.51. The maximum absolute atomic E-state index is 12.3. The van der Waals surface area contributed by atoms with Gasteiger partial charge < -0.3 is 14.9 Å². The number of benzene rings is 4. The van der Waals surface area contributed by atoms with Crippen molar-refractivity contribution in [2.24, 2.45) is 4.99 Å². The highest BCUT2D eigenvalue weighted by Gasteiger charge is 2.33. The first-order chi connectivity index (χ1) is 17.3. The smallest absolute Gasteiger partial charge is 0.303 e. The van der Waals surface area contributed by atoms with Crippen molar-refractivity contribution < 1.29 is 19.7 Å². The molecular formula is C29H23Br2NO4. The first kappa shape index (κ1) is 25.7. The van der Waals surface area contributed by atoms with Crippen LogP contribution in [0.4, 0.5) is 0 Å². The highest BCUT2D eigenvalue weighted by molar-refractivity contribution is 9.10. The van der Waals surface area contributed by atoms with Crippen molar-refractivity contribution in [2.45, 2.75) is 19.1 Å². The standard InChI is InChI=1S/C29H23Br2NO4/c1-18(33)36-29(24-17-22(31)13-15-26(24)35)28(23-16-21(30)12-14-25(23)34)32-27(19-8-4-2-5-9-19)20-10-6-3-7-11-20/h2-17,28-29,34-35H,1H3/t28-,29-/m1/s1. The lowest BCUT2D eigenvalue weighted by atomic mass is 9.93. The number of hydrogen-bond acceptors (Lipinski definition) is 5. The minimum absolute atomic E-state index is 0.0148. The van der Waals surface area contributed by atoms with Crippen LogP contribution in [0.25, 0.3) is 0 Å². The van der Waals surface area contributed by atoms with E-state index in [0.29, 0.717) is 21.3 Å². The van der Waals surface area contributed by atoms with Crippen LogP contribution in [-0.2, 0) is 9.53 Å². The van der Waals surface area contributed by atoms with Crippen LogP contribution in [0.3, 0.4) is 0 Å². The third-order valence-electron chi connectivity index (χ3n) is 5.55. The normalized spacial score (nSPS) is 12.4. The summed E-state index contributed by atoms with van der Waals surface area (Å²) in [6.45, 7) is 1.30. The lowest BCUT2D eigenvalue weighted by Gasteiger charge is -2.27. The van der Waals surface area contributed by atoms with Crippen molar-refractivity contribution in [1.82, 2.24) is 0 Å². The second kappa shape index (κ2) is 11.5. The van der Waals surface area contributed by atoms with Gasteiger partial charge in [-0.3, -0.25) is 9.79 Å². The summed E-state index contributed by atoms with van der Waals surface area (Å²) in [5.74, 6) is -0.616. The summed E-state index contributed by atoms with van der Waals surface area (Å²) in [6, 6.07) is 28.3. The van der Waals surface area contributed by atoms with Crippen molar-refractivity contribution >= 4 is 43.5 Å². The first-order valence-corrected chi connectivity index (χ1v) is 12.7. The molecule has 36 heavy (non-hydrogen) atoms. The van der Waals surface area contributed by atoms with Crippen molar-refractivity contribution in [2.75, 3.05) is 0 Å². The Morgan fingerprint density at radius 2 is 1.22 bits per heavy atom. The Balaban J connectivity index is 2.03. The van der Waals surface area contributed by atoms with Gasteiger partial charge in [0.15, 0.2) is 6.10 Å². The second-order valence-corrected chi connectivity index (χ2v) is 9.92. The number of rotatable bonds is 7. The number of esters is 1. The molecule has 7 heteroatoms. The molecule has 0 heterocycles. The van der Waals surface area contributed by atoms with E-state index in [-0.39, 0.29) is 11.5 Å². The van der Waals surface area contributed by atoms with Crippen LogP contribution in [-0.4, -0.2) is 21.9 Å². The van der Waals surface area contributed by atoms with Crippen molar-refractivity contribution in [3.8, 4) is 11.5 Å². The molecule has 0 radical (unpaired) electrons. The third-order valence-corrected chi connectivity index (χ3v) is 6.53. The van der Waals surface area contributed by atoms with E-state index in [0.717, 1.165) is 15.6 Å². The molecule has 182 valence electrons. The van der Waals surface area contributed by atoms with Crippen LogP contribution in [0.1, 0.15) is 41.3 Å². The molecule has 0 bridgehead atoms. The molecule has 4 rings (SSSR count). The van der Waals surface area contributed by atoms with E-state index in [1.54, 1.807) is 30.3 Å². The molecule has 5 nitrogen and oxygen atoms in total. The van der Waals surface area contributed by atoms with Gasteiger partial charge >= 0.3 is 5.97 Å². The van der Waals surface area contributed by atoms with Gasteiger partial charge in [-0.15, -0.1) is 0 Å². The molecule has 0 aromatic heterocycles. The van der Waals surface area contributed by atoms with Crippen molar-refractivity contribution in [3.05, 3.63) is 128 Å². The summed E-state index contributed by atoms with van der Waals surface area (Å²) in [4.78, 5) is 17.4. The van der Waals surface area contributed by atoms with Crippen LogP contribution in [0.15, 0.2) is 111 Å². The number of aromatic hydroxyl groups is 2. The molecule has 2 N–H and O–H groups in total. The van der Waals surface area contributed by atoms with E-state index in [1.807, 2.05) is 60.7 Å². The topological polar surface area (TPSA) is 79.1 Å². The Hall–Kier alpha value is -3.42. The molecule has 0 saturated carbocycles. The highest BCUT2D eigenvalue weighted by atomic mass is 79.9. The van der Waals surface area contributed by atoms with Gasteiger partial charge in [-0.2, -0.15) is 0 Å². The van der Waals surface area contributed by atoms with E-state index in [4.69, 9.17) is 9.73 Å². The number of ether oxygens (including phenoxy) is 1. The van der Waals surface area contributed by atoms with Gasteiger partial charge in [-0.1, -0.05) is 92.5 Å². The fourth-order valence-electron chi connectivity index (χ4n) is 3.94. The minimum Gasteiger partial charge on any atom is -0.508 e. The number of carbonyl (C=O) groups is 1. The number of halogens is 2. The Kier molecular flexibility index (Phi) is 8.23. The lowest BCUT2D eigenvalue weighted by molar-refractivity contribution is -0.148. The third kappa shape index (κ3) is 6.04. The van der Waals surface area contributed by atoms with Gasteiger partial charge in [0.1, 0.15) is 17.5 Å². The van der Waals surface area contributed by atoms with Gasteiger partial charge in [0.05, 0.1) is 5.71 Å². The fourth-order valence-corrected chi connectivity index (χ4v) is 4.70. The number of phenols is 2. The molecule has 0 aliphatic carbocycles. The zero-order valence-electron chi connectivity index (χ0n) is 19.3. The predicted molar refractivity (Wildman–Crippen MR) is 147 cm³/mol. The van der Waals surface area contributed by atoms with Crippen LogP contribution < -0.4 is 0 Å². The number of nitrogens with zero attached hydrogens (tertiary/aromatic N) is 1. The molecule has 0 aliphatic heterocycles. The van der Waals surface area contributed by atoms with E-state index in [2.05, 4.69) is 31.9 Å². The summed E-state index contributed by atoms with van der Waals surface area (Å²) in [5, 5.41) is 21.7. The molecular weight excluding hydrogens is 586 g/mol. The van der Waals surface area contributed by atoms with Crippen molar-refractivity contribution in [3.63, 3.8) is 0 Å². The van der Waals surface area contributed by atoms with E-state index in [9.17, 15) is 15.0 Å². The number of aliphatic imine (C=N–C) groups is 1. The average Bonchev–Trinajstić information content (AvgIpc) is 2.88. The summed E-state index contributed by atoms with van der Waals surface area (Å²) >= 11 is 6.92. The Morgan fingerprint density at radius 3 is 1.72 bits per heavy atom. The van der Waals surface area contributed by atoms with Gasteiger partial charge in [-0.25, -0.2) is 0 Å². The molecule has 0 spiro atoms. The zero-order valence-corrected chi connectivity index (χ0v) is 22.5. The zero-order chi connectivity index (χ0) is 25.7. The minimum atomic E-state index is -1.04. The molecule has 0 unspecified atom stereocenters. The maximum atomic E-state index is 12.3. The van der Waals surface area contributed by atoms with Gasteiger partial charge in [0, 0.05) is 38.1 Å². The van der Waals surface area contributed by atoms with Crippen LogP contribution in [0.5, 0.6) is 11.5 Å². The molecule has 0 fully saturated rings. The van der Waals surface area contributed by atoms with E-state index in [1.165, 1.54) is 13.0 Å². The largest absolute Gasteiger partial charge is 0.508 e. The molecule has 4 aromatic rings. The Morgan fingerprint density at radius 1 is 0.750 bits per heavy atom. The van der Waals surface area contributed by atoms with Gasteiger partial charge in [0.25, 0.3) is 0 Å². The maximum Gasteiger partial charge on any atom is 0.303 e. The summed E-state index contributed by atoms with van der Waals surface area (Å²) < 4.78 is 7.22. The fraction of sp³-hybridized carbons (Fsp3) is 0.103. The Bertz CT molecular complexity index is 1350. The van der Waals surface area contributed by atoms with E-state index < -0.39 is 18.1 Å². The Labute approximate surface area is 226 Å². The van der Waals surface area contributed by atoms with Crippen LogP contribution in [0.2, 0.25) is 0 Å². The monoisotopic (exact) mass is 607 g/mol. The quantitative estimate of drug-likeness (QED) is 0.168. The van der Waals surface area contributed by atoms with Gasteiger partial charge in [-0.05, 0) is 36.4 Å². The molecule has 0 aliphatic rings. The lowest BCUT2D eigenvalue weighted by Crippen LogP contribution is -2.19. The summed E-state index contributed by atoms with van der Waals surface area (Å²) in [7, 11) is 0. The molecule has 2 atom stereocenters. The van der Waals surface area contributed by atoms with Crippen molar-refractivity contribution in [1.29, 1.82) is 0 Å². The SMILES string of the molecule is CC(=O)O[C@H](c1cc(Br)ccc1O)[C@H](N=C(c1ccccc1)c1ccccc1)c1cc(Br)ccc1O. The van der Waals surface area contributed by atoms with Crippen LogP contribution >= 0.6 is 31.9 Å². The molecule has 0 saturated heterocycles. The van der Waals surface area contributed by atoms with E-state index >= 15 is 0 Å². The molecule has 0 amide bonds. The average molecular weight is 609 g/mol. The summed E-state index contributed by atoms with van der Waals surface area (Å²) in [6.07, 6.45) is -1.04. The number of carbonyl (C=O) groups excluding carboxylic acids is 1. The van der Waals surface area contributed by atoms with Crippen LogP contribution in [0, 0.1) is 0 Å². The second-order valence-electron chi connectivity index (χ2n) is 8.09. The molecule has 4 aromatic carbocycles. The number of hydrogen-bond donors (Lipinski definition) is 2. The highest BCUT2D eigenvalue weighted by Crippen LogP contribution is 2.44. The van der Waals surface area contributed by atoms with Gasteiger partial charge in [0.2, 0.25) is 0 Å². The number of phenolic OH excluding ortho intramolecular Hbond substituents is 2. The first-order valence-electron chi connectivity index (χ1n) is 11.2.